The first-order valence-electron chi connectivity index (χ1n) is 6.05. The summed E-state index contributed by atoms with van der Waals surface area (Å²) in [6, 6.07) is 11.3. The molecule has 0 radical (unpaired) electrons. The van der Waals surface area contributed by atoms with Gasteiger partial charge in [0, 0.05) is 28.9 Å². The van der Waals surface area contributed by atoms with Crippen molar-refractivity contribution in [1.82, 2.24) is 0 Å². The van der Waals surface area contributed by atoms with E-state index in [0.717, 1.165) is 0 Å². The van der Waals surface area contributed by atoms with Gasteiger partial charge in [0.2, 0.25) is 5.91 Å². The zero-order valence-electron chi connectivity index (χ0n) is 10.9. The van der Waals surface area contributed by atoms with Gasteiger partial charge in [0.25, 0.3) is 0 Å². The van der Waals surface area contributed by atoms with Gasteiger partial charge in [0.1, 0.15) is 5.82 Å². The second-order valence-electron chi connectivity index (χ2n) is 4.40. The van der Waals surface area contributed by atoms with Crippen LogP contribution in [-0.2, 0) is 11.3 Å². The van der Waals surface area contributed by atoms with Gasteiger partial charge in [-0.25, -0.2) is 4.39 Å². The first kappa shape index (κ1) is 14.3. The van der Waals surface area contributed by atoms with E-state index in [9.17, 15) is 9.18 Å². The van der Waals surface area contributed by atoms with Gasteiger partial charge in [-0.2, -0.15) is 0 Å². The molecule has 0 saturated heterocycles. The zero-order chi connectivity index (χ0) is 14.7. The average Bonchev–Trinajstić information content (AvgIpc) is 2.38. The Morgan fingerprint density at radius 3 is 2.60 bits per heavy atom. The lowest BCUT2D eigenvalue weighted by Gasteiger charge is -2.22. The molecule has 3 nitrogen and oxygen atoms in total. The number of anilines is 2. The van der Waals surface area contributed by atoms with Gasteiger partial charge < -0.3 is 10.6 Å². The highest BCUT2D eigenvalue weighted by Crippen LogP contribution is 2.25. The second kappa shape index (κ2) is 5.92. The first-order valence-corrected chi connectivity index (χ1v) is 6.43. The summed E-state index contributed by atoms with van der Waals surface area (Å²) in [7, 11) is 0. The predicted octanol–water partition coefficient (Wildman–Crippen LogP) is 3.61. The number of rotatable bonds is 3. The van der Waals surface area contributed by atoms with Crippen molar-refractivity contribution < 1.29 is 9.18 Å². The van der Waals surface area contributed by atoms with Crippen LogP contribution in [0.3, 0.4) is 0 Å². The summed E-state index contributed by atoms with van der Waals surface area (Å²) in [5, 5.41) is 0.292. The van der Waals surface area contributed by atoms with Crippen molar-refractivity contribution in [3.63, 3.8) is 0 Å². The Labute approximate surface area is 121 Å². The number of carbonyl (C=O) groups excluding carboxylic acids is 1. The van der Waals surface area contributed by atoms with E-state index in [-0.39, 0.29) is 18.0 Å². The molecular weight excluding hydrogens is 279 g/mol. The summed E-state index contributed by atoms with van der Waals surface area (Å²) < 4.78 is 13.8. The van der Waals surface area contributed by atoms with Crippen molar-refractivity contribution in [3.8, 4) is 0 Å². The third-order valence-corrected chi connectivity index (χ3v) is 3.29. The Morgan fingerprint density at radius 2 is 2.00 bits per heavy atom. The molecular formula is C15H14ClFN2O. The van der Waals surface area contributed by atoms with E-state index < -0.39 is 5.82 Å². The van der Waals surface area contributed by atoms with Crippen molar-refractivity contribution in [1.29, 1.82) is 0 Å². The van der Waals surface area contributed by atoms with Crippen molar-refractivity contribution in [2.75, 3.05) is 10.6 Å². The summed E-state index contributed by atoms with van der Waals surface area (Å²) in [6.07, 6.45) is 0. The van der Waals surface area contributed by atoms with E-state index in [1.54, 1.807) is 30.3 Å². The van der Waals surface area contributed by atoms with Gasteiger partial charge in [0.15, 0.2) is 0 Å². The molecule has 0 aliphatic rings. The SMILES string of the molecule is CC(=O)N(Cc1c(F)cccc1Cl)c1cccc(N)c1. The van der Waals surface area contributed by atoms with Crippen LogP contribution >= 0.6 is 11.6 Å². The highest BCUT2D eigenvalue weighted by molar-refractivity contribution is 6.31. The fourth-order valence-electron chi connectivity index (χ4n) is 1.92. The van der Waals surface area contributed by atoms with E-state index in [0.29, 0.717) is 16.4 Å². The number of benzene rings is 2. The maximum atomic E-state index is 13.8. The van der Waals surface area contributed by atoms with Crippen molar-refractivity contribution in [2.45, 2.75) is 13.5 Å². The van der Waals surface area contributed by atoms with Crippen LogP contribution in [-0.4, -0.2) is 5.91 Å². The van der Waals surface area contributed by atoms with Crippen molar-refractivity contribution in [3.05, 3.63) is 58.9 Å². The average molecular weight is 293 g/mol. The minimum atomic E-state index is -0.437. The first-order chi connectivity index (χ1) is 9.49. The monoisotopic (exact) mass is 292 g/mol. The minimum absolute atomic E-state index is 0.0598. The van der Waals surface area contributed by atoms with Gasteiger partial charge in [-0.05, 0) is 30.3 Å². The van der Waals surface area contributed by atoms with Gasteiger partial charge >= 0.3 is 0 Å². The molecule has 0 bridgehead atoms. The number of amides is 1. The maximum Gasteiger partial charge on any atom is 0.224 e. The summed E-state index contributed by atoms with van der Waals surface area (Å²) in [4.78, 5) is 13.2. The Hall–Kier alpha value is -2.07. The van der Waals surface area contributed by atoms with Gasteiger partial charge in [-0.1, -0.05) is 23.7 Å². The van der Waals surface area contributed by atoms with Crippen LogP contribution < -0.4 is 10.6 Å². The molecule has 2 N–H and O–H groups in total. The number of hydrogen-bond donors (Lipinski definition) is 1. The highest BCUT2D eigenvalue weighted by atomic mass is 35.5. The maximum absolute atomic E-state index is 13.8. The van der Waals surface area contributed by atoms with E-state index in [2.05, 4.69) is 0 Å². The Bertz CT molecular complexity index is 625. The number of nitrogen functional groups attached to an aromatic ring is 1. The Kier molecular flexibility index (Phi) is 4.25. The van der Waals surface area contributed by atoms with Crippen LogP contribution in [0.25, 0.3) is 0 Å². The van der Waals surface area contributed by atoms with Gasteiger partial charge in [-0.15, -0.1) is 0 Å². The largest absolute Gasteiger partial charge is 0.399 e. The molecule has 0 unspecified atom stereocenters. The molecule has 104 valence electrons. The molecule has 0 saturated carbocycles. The molecule has 0 heterocycles. The summed E-state index contributed by atoms with van der Waals surface area (Å²) >= 11 is 5.99. The topological polar surface area (TPSA) is 46.3 Å². The normalized spacial score (nSPS) is 10.3. The van der Waals surface area contributed by atoms with Crippen LogP contribution in [0, 0.1) is 5.82 Å². The van der Waals surface area contributed by atoms with Gasteiger partial charge in [0.05, 0.1) is 6.54 Å². The summed E-state index contributed by atoms with van der Waals surface area (Å²) in [5.41, 5.74) is 7.14. The molecule has 0 atom stereocenters. The zero-order valence-corrected chi connectivity index (χ0v) is 11.7. The van der Waals surface area contributed by atoms with Crippen LogP contribution in [0.1, 0.15) is 12.5 Å². The molecule has 0 spiro atoms. The van der Waals surface area contributed by atoms with Crippen molar-refractivity contribution in [2.24, 2.45) is 0 Å². The van der Waals surface area contributed by atoms with E-state index in [1.165, 1.54) is 24.0 Å². The molecule has 0 aromatic heterocycles. The lowest BCUT2D eigenvalue weighted by atomic mass is 10.1. The number of carbonyl (C=O) groups is 1. The third kappa shape index (κ3) is 3.08. The summed E-state index contributed by atoms with van der Waals surface area (Å²) in [6.45, 7) is 1.47. The number of hydrogen-bond acceptors (Lipinski definition) is 2. The van der Waals surface area contributed by atoms with Crippen LogP contribution in [0.15, 0.2) is 42.5 Å². The Balaban J connectivity index is 2.38. The fourth-order valence-corrected chi connectivity index (χ4v) is 2.14. The van der Waals surface area contributed by atoms with E-state index >= 15 is 0 Å². The van der Waals surface area contributed by atoms with E-state index in [4.69, 9.17) is 17.3 Å². The molecule has 2 aromatic rings. The minimum Gasteiger partial charge on any atom is -0.399 e. The molecule has 2 aromatic carbocycles. The molecule has 2 rings (SSSR count). The number of nitrogens with zero attached hydrogens (tertiary/aromatic N) is 1. The summed E-state index contributed by atoms with van der Waals surface area (Å²) in [5.74, 6) is -0.650. The van der Waals surface area contributed by atoms with Crippen molar-refractivity contribution >= 4 is 28.9 Å². The second-order valence-corrected chi connectivity index (χ2v) is 4.81. The van der Waals surface area contributed by atoms with Crippen LogP contribution in [0.5, 0.6) is 0 Å². The molecule has 0 aliphatic carbocycles. The molecule has 0 fully saturated rings. The van der Waals surface area contributed by atoms with Gasteiger partial charge in [-0.3, -0.25) is 4.79 Å². The smallest absolute Gasteiger partial charge is 0.224 e. The van der Waals surface area contributed by atoms with Crippen LogP contribution in [0.4, 0.5) is 15.8 Å². The lowest BCUT2D eigenvalue weighted by Crippen LogP contribution is -2.28. The van der Waals surface area contributed by atoms with E-state index in [1.807, 2.05) is 0 Å². The number of halogens is 2. The molecule has 1 amide bonds. The predicted molar refractivity (Wildman–Crippen MR) is 79.1 cm³/mol. The lowest BCUT2D eigenvalue weighted by molar-refractivity contribution is -0.116. The molecule has 0 aliphatic heterocycles. The molecule has 20 heavy (non-hydrogen) atoms. The number of nitrogens with two attached hydrogens (primary N) is 1. The highest BCUT2D eigenvalue weighted by Gasteiger charge is 2.16. The Morgan fingerprint density at radius 1 is 1.30 bits per heavy atom. The fraction of sp³-hybridized carbons (Fsp3) is 0.133. The third-order valence-electron chi connectivity index (χ3n) is 2.94. The quantitative estimate of drug-likeness (QED) is 0.878. The standard InChI is InChI=1S/C15H14ClFN2O/c1-10(20)19(12-5-2-4-11(18)8-12)9-13-14(16)6-3-7-15(13)17/h2-8H,9,18H2,1H3. The molecule has 5 heteroatoms. The van der Waals surface area contributed by atoms with Crippen LogP contribution in [0.2, 0.25) is 5.02 Å².